The maximum absolute atomic E-state index is 11.7. The highest BCUT2D eigenvalue weighted by Crippen LogP contribution is 2.23. The Kier molecular flexibility index (Phi) is 6.21. The summed E-state index contributed by atoms with van der Waals surface area (Å²) in [5.74, 6) is -0.186. The third kappa shape index (κ3) is 4.83. The van der Waals surface area contributed by atoms with Gasteiger partial charge in [-0.05, 0) is 49.3 Å². The molecule has 0 radical (unpaired) electrons. The lowest BCUT2D eigenvalue weighted by Crippen LogP contribution is -2.35. The van der Waals surface area contributed by atoms with Crippen LogP contribution in [-0.2, 0) is 28.8 Å². The van der Waals surface area contributed by atoms with Crippen LogP contribution in [0.25, 0.3) is 0 Å². The molecule has 2 N–H and O–H groups in total. The van der Waals surface area contributed by atoms with E-state index in [1.807, 2.05) is 6.92 Å². The van der Waals surface area contributed by atoms with Gasteiger partial charge < -0.3 is 15.2 Å². The minimum atomic E-state index is -0.186. The van der Waals surface area contributed by atoms with Crippen molar-refractivity contribution in [3.63, 3.8) is 0 Å². The van der Waals surface area contributed by atoms with Crippen molar-refractivity contribution in [1.82, 2.24) is 5.32 Å². The molecule has 1 aromatic rings. The monoisotopic (exact) mass is 291 g/mol. The molecule has 0 heterocycles. The Bertz CT molecular complexity index is 473. The number of carbonyl (C=O) groups is 1. The summed E-state index contributed by atoms with van der Waals surface area (Å²) in [6.45, 7) is 2.79. The summed E-state index contributed by atoms with van der Waals surface area (Å²) in [5, 5.41) is 12.2. The maximum atomic E-state index is 11.7. The predicted octanol–water partition coefficient (Wildman–Crippen LogP) is 1.62. The van der Waals surface area contributed by atoms with Crippen molar-refractivity contribution in [1.29, 1.82) is 0 Å². The second kappa shape index (κ2) is 8.15. The fraction of sp³-hybridized carbons (Fsp3) is 0.588. The Hall–Kier alpha value is -1.39. The molecule has 1 aliphatic rings. The molecule has 0 aromatic heterocycles. The van der Waals surface area contributed by atoms with Crippen molar-refractivity contribution >= 4 is 5.97 Å². The van der Waals surface area contributed by atoms with Crippen LogP contribution in [0, 0.1) is 0 Å². The molecule has 0 saturated heterocycles. The summed E-state index contributed by atoms with van der Waals surface area (Å²) in [5.41, 5.74) is 4.16. The van der Waals surface area contributed by atoms with Crippen LogP contribution >= 0.6 is 0 Å². The lowest BCUT2D eigenvalue weighted by molar-refractivity contribution is -0.143. The molecule has 2 rings (SSSR count). The van der Waals surface area contributed by atoms with Gasteiger partial charge in [0.1, 0.15) is 0 Å². The molecule has 0 aliphatic heterocycles. The first-order valence-electron chi connectivity index (χ1n) is 7.83. The van der Waals surface area contributed by atoms with Gasteiger partial charge in [-0.2, -0.15) is 0 Å². The largest absolute Gasteiger partial charge is 0.466 e. The second-order valence-corrected chi connectivity index (χ2v) is 5.54. The number of carbonyl (C=O) groups excluding carboxylic acids is 1. The van der Waals surface area contributed by atoms with E-state index in [9.17, 15) is 4.79 Å². The molecule has 0 spiro atoms. The van der Waals surface area contributed by atoms with Crippen molar-refractivity contribution < 1.29 is 14.6 Å². The van der Waals surface area contributed by atoms with Gasteiger partial charge in [0.25, 0.3) is 0 Å². The Labute approximate surface area is 126 Å². The fourth-order valence-corrected chi connectivity index (χ4v) is 2.94. The van der Waals surface area contributed by atoms with Gasteiger partial charge in [0, 0.05) is 12.6 Å². The molecular weight excluding hydrogens is 266 g/mol. The molecule has 1 atom stereocenters. The number of hydrogen-bond acceptors (Lipinski definition) is 4. The second-order valence-electron chi connectivity index (χ2n) is 5.54. The average Bonchev–Trinajstić information content (AvgIpc) is 2.92. The molecule has 4 heteroatoms. The third-order valence-electron chi connectivity index (χ3n) is 3.91. The number of benzene rings is 1. The lowest BCUT2D eigenvalue weighted by atomic mass is 9.99. The number of fused-ring (bicyclic) bond motifs is 1. The van der Waals surface area contributed by atoms with E-state index >= 15 is 0 Å². The van der Waals surface area contributed by atoms with Crippen molar-refractivity contribution in [2.45, 2.75) is 45.1 Å². The Morgan fingerprint density at radius 2 is 2.19 bits per heavy atom. The number of aliphatic hydroxyl groups is 1. The minimum absolute atomic E-state index is 0.00986. The molecule has 21 heavy (non-hydrogen) atoms. The normalized spacial score (nSPS) is 14.8. The highest BCUT2D eigenvalue weighted by atomic mass is 16.5. The first kappa shape index (κ1) is 16.0. The molecule has 4 nitrogen and oxygen atoms in total. The van der Waals surface area contributed by atoms with E-state index < -0.39 is 0 Å². The highest BCUT2D eigenvalue weighted by Gasteiger charge is 2.17. The summed E-state index contributed by atoms with van der Waals surface area (Å²) < 4.78 is 5.02. The Morgan fingerprint density at radius 1 is 1.38 bits per heavy atom. The van der Waals surface area contributed by atoms with Crippen molar-refractivity contribution in [2.75, 3.05) is 19.8 Å². The maximum Gasteiger partial charge on any atom is 0.307 e. The zero-order valence-corrected chi connectivity index (χ0v) is 12.7. The number of aliphatic hydroxyl groups excluding tert-OH is 1. The molecular formula is C17H25NO3. The van der Waals surface area contributed by atoms with E-state index in [0.29, 0.717) is 19.6 Å². The topological polar surface area (TPSA) is 58.6 Å². The molecule has 0 bridgehead atoms. The van der Waals surface area contributed by atoms with Gasteiger partial charge in [-0.1, -0.05) is 18.2 Å². The van der Waals surface area contributed by atoms with Gasteiger partial charge in [-0.3, -0.25) is 4.79 Å². The Morgan fingerprint density at radius 3 is 2.95 bits per heavy atom. The first-order chi connectivity index (χ1) is 10.2. The smallest absolute Gasteiger partial charge is 0.307 e. The number of aryl methyl sites for hydroxylation is 2. The van der Waals surface area contributed by atoms with Gasteiger partial charge in [-0.25, -0.2) is 0 Å². The number of ether oxygens (including phenoxy) is 1. The fourth-order valence-electron chi connectivity index (χ4n) is 2.94. The zero-order valence-electron chi connectivity index (χ0n) is 12.7. The van der Waals surface area contributed by atoms with Crippen LogP contribution in [0.3, 0.4) is 0 Å². The van der Waals surface area contributed by atoms with Gasteiger partial charge in [0.2, 0.25) is 0 Å². The quantitative estimate of drug-likeness (QED) is 0.715. The van der Waals surface area contributed by atoms with Crippen LogP contribution in [0.15, 0.2) is 18.2 Å². The van der Waals surface area contributed by atoms with Crippen LogP contribution in [0.2, 0.25) is 0 Å². The average molecular weight is 291 g/mol. The van der Waals surface area contributed by atoms with E-state index in [-0.39, 0.29) is 18.6 Å². The van der Waals surface area contributed by atoms with Crippen molar-refractivity contribution in [2.24, 2.45) is 0 Å². The van der Waals surface area contributed by atoms with E-state index in [2.05, 4.69) is 23.5 Å². The first-order valence-corrected chi connectivity index (χ1v) is 7.83. The summed E-state index contributed by atoms with van der Waals surface area (Å²) >= 11 is 0. The third-order valence-corrected chi connectivity index (χ3v) is 3.91. The summed E-state index contributed by atoms with van der Waals surface area (Å²) in [6.07, 6.45) is 4.71. The number of hydrogen-bond donors (Lipinski definition) is 2. The van der Waals surface area contributed by atoms with Crippen LogP contribution < -0.4 is 5.32 Å². The molecule has 116 valence electrons. The van der Waals surface area contributed by atoms with Gasteiger partial charge >= 0.3 is 5.97 Å². The van der Waals surface area contributed by atoms with E-state index in [1.165, 1.54) is 29.5 Å². The van der Waals surface area contributed by atoms with Gasteiger partial charge in [-0.15, -0.1) is 0 Å². The highest BCUT2D eigenvalue weighted by molar-refractivity contribution is 5.70. The van der Waals surface area contributed by atoms with Crippen LogP contribution in [0.5, 0.6) is 0 Å². The van der Waals surface area contributed by atoms with Crippen molar-refractivity contribution in [3.05, 3.63) is 34.9 Å². The van der Waals surface area contributed by atoms with Gasteiger partial charge in [0.05, 0.1) is 19.6 Å². The van der Waals surface area contributed by atoms with Crippen LogP contribution in [0.4, 0.5) is 0 Å². The molecule has 1 unspecified atom stereocenters. The predicted molar refractivity (Wildman–Crippen MR) is 82.3 cm³/mol. The summed E-state index contributed by atoms with van der Waals surface area (Å²) in [6, 6.07) is 6.64. The van der Waals surface area contributed by atoms with Crippen LogP contribution in [0.1, 0.15) is 36.5 Å². The van der Waals surface area contributed by atoms with E-state index in [1.54, 1.807) is 0 Å². The molecule has 1 aliphatic carbocycles. The van der Waals surface area contributed by atoms with E-state index in [0.717, 1.165) is 12.8 Å². The number of rotatable bonds is 8. The SMILES string of the molecule is CCOC(=O)CC(Cc1ccc2c(c1)CCC2)NCCO. The zero-order chi connectivity index (χ0) is 15.1. The number of esters is 1. The molecule has 0 amide bonds. The molecule has 1 aromatic carbocycles. The van der Waals surface area contributed by atoms with E-state index in [4.69, 9.17) is 9.84 Å². The number of nitrogens with one attached hydrogen (secondary N) is 1. The van der Waals surface area contributed by atoms with Crippen LogP contribution in [-0.4, -0.2) is 36.9 Å². The Balaban J connectivity index is 1.98. The molecule has 0 saturated carbocycles. The summed E-state index contributed by atoms with van der Waals surface area (Å²) in [4.78, 5) is 11.7. The summed E-state index contributed by atoms with van der Waals surface area (Å²) in [7, 11) is 0. The lowest BCUT2D eigenvalue weighted by Gasteiger charge is -2.18. The van der Waals surface area contributed by atoms with Crippen molar-refractivity contribution in [3.8, 4) is 0 Å². The van der Waals surface area contributed by atoms with Gasteiger partial charge in [0.15, 0.2) is 0 Å². The molecule has 0 fully saturated rings. The standard InChI is InChI=1S/C17H25NO3/c1-2-21-17(20)12-16(18-8-9-19)11-13-6-7-14-4-3-5-15(14)10-13/h6-7,10,16,18-19H,2-5,8-9,11-12H2,1H3. The minimum Gasteiger partial charge on any atom is -0.466 e.